The number of carboxylic acid groups (broad SMARTS) is 1. The molecule has 0 heterocycles. The molecular weight excluding hydrogens is 310 g/mol. The van der Waals surface area contributed by atoms with E-state index in [0.29, 0.717) is 11.4 Å². The first kappa shape index (κ1) is 16.2. The first-order chi connectivity index (χ1) is 10.1. The number of carbonyl (C=O) groups excluding carboxylic acids is 1. The minimum absolute atomic E-state index is 0.141. The maximum atomic E-state index is 12.0. The number of hydrogen-bond donors (Lipinski definition) is 2. The third-order valence-corrected chi connectivity index (χ3v) is 5.14. The molecule has 0 spiro atoms. The van der Waals surface area contributed by atoms with Gasteiger partial charge in [-0.2, -0.15) is 0 Å². The predicted octanol–water partition coefficient (Wildman–Crippen LogP) is 3.19. The van der Waals surface area contributed by atoms with Crippen LogP contribution in [0.5, 0.6) is 0 Å². The lowest BCUT2D eigenvalue weighted by atomic mass is 9.84. The fourth-order valence-corrected chi connectivity index (χ4v) is 3.60. The van der Waals surface area contributed by atoms with Crippen LogP contribution in [0.3, 0.4) is 0 Å². The van der Waals surface area contributed by atoms with Gasteiger partial charge in [0.2, 0.25) is 5.91 Å². The number of amides is 1. The van der Waals surface area contributed by atoms with Crippen LogP contribution < -0.4 is 5.32 Å². The number of halogens is 1. The van der Waals surface area contributed by atoms with Gasteiger partial charge in [-0.15, -0.1) is 11.8 Å². The molecule has 0 bridgehead atoms. The van der Waals surface area contributed by atoms with Crippen LogP contribution in [0.2, 0.25) is 5.02 Å². The lowest BCUT2D eigenvalue weighted by Gasteiger charge is -2.29. The largest absolute Gasteiger partial charge is 0.481 e. The molecule has 0 aromatic heterocycles. The Bertz CT molecular complexity index is 523. The Morgan fingerprint density at radius 2 is 2.00 bits per heavy atom. The summed E-state index contributed by atoms with van der Waals surface area (Å²) in [7, 11) is 0. The van der Waals surface area contributed by atoms with E-state index >= 15 is 0 Å². The van der Waals surface area contributed by atoms with Crippen LogP contribution in [0, 0.1) is 5.92 Å². The molecule has 1 aromatic rings. The molecule has 4 nitrogen and oxygen atoms in total. The highest BCUT2D eigenvalue weighted by atomic mass is 35.5. The quantitative estimate of drug-likeness (QED) is 0.815. The molecule has 21 heavy (non-hydrogen) atoms. The normalized spacial score (nSPS) is 21.8. The summed E-state index contributed by atoms with van der Waals surface area (Å²) in [4.78, 5) is 24.0. The highest BCUT2D eigenvalue weighted by molar-refractivity contribution is 8.00. The van der Waals surface area contributed by atoms with E-state index in [9.17, 15) is 14.7 Å². The zero-order valence-corrected chi connectivity index (χ0v) is 13.1. The highest BCUT2D eigenvalue weighted by Gasteiger charge is 2.31. The minimum atomic E-state index is -0.821. The van der Waals surface area contributed by atoms with Gasteiger partial charge in [0, 0.05) is 10.9 Å². The van der Waals surface area contributed by atoms with E-state index in [0.717, 1.165) is 24.2 Å². The van der Waals surface area contributed by atoms with Crippen molar-refractivity contribution in [3.8, 4) is 0 Å². The van der Waals surface area contributed by atoms with E-state index in [1.165, 1.54) is 11.8 Å². The van der Waals surface area contributed by atoms with Crippen LogP contribution in [0.25, 0.3) is 0 Å². The summed E-state index contributed by atoms with van der Waals surface area (Å²) in [6.45, 7) is 0. The van der Waals surface area contributed by atoms with Gasteiger partial charge in [-0.1, -0.05) is 36.6 Å². The Hall–Kier alpha value is -1.20. The van der Waals surface area contributed by atoms with Gasteiger partial charge in [0.1, 0.15) is 0 Å². The zero-order valence-electron chi connectivity index (χ0n) is 11.5. The van der Waals surface area contributed by atoms with Crippen molar-refractivity contribution >= 4 is 35.2 Å². The summed E-state index contributed by atoms with van der Waals surface area (Å²) in [5.74, 6) is -1.18. The number of carboxylic acids is 1. The van der Waals surface area contributed by atoms with E-state index < -0.39 is 11.9 Å². The summed E-state index contributed by atoms with van der Waals surface area (Å²) >= 11 is 7.40. The van der Waals surface area contributed by atoms with Crippen molar-refractivity contribution in [2.75, 3.05) is 5.75 Å². The molecule has 1 amide bonds. The van der Waals surface area contributed by atoms with Crippen molar-refractivity contribution in [1.29, 1.82) is 0 Å². The van der Waals surface area contributed by atoms with Crippen LogP contribution in [0.4, 0.5) is 0 Å². The average Bonchev–Trinajstić information content (AvgIpc) is 2.47. The highest BCUT2D eigenvalue weighted by Crippen LogP contribution is 2.27. The SMILES string of the molecule is O=C(CSc1ccccc1Cl)NC1CCCCC1C(=O)O. The number of thioether (sulfide) groups is 1. The van der Waals surface area contributed by atoms with Crippen LogP contribution in [-0.2, 0) is 9.59 Å². The van der Waals surface area contributed by atoms with Gasteiger partial charge in [0.05, 0.1) is 16.7 Å². The van der Waals surface area contributed by atoms with Crippen LogP contribution in [0.15, 0.2) is 29.2 Å². The molecule has 6 heteroatoms. The van der Waals surface area contributed by atoms with Gasteiger partial charge in [0.25, 0.3) is 0 Å². The molecule has 114 valence electrons. The van der Waals surface area contributed by atoms with E-state index in [4.69, 9.17) is 11.6 Å². The average molecular weight is 328 g/mol. The minimum Gasteiger partial charge on any atom is -0.481 e. The molecule has 0 radical (unpaired) electrons. The Morgan fingerprint density at radius 1 is 1.29 bits per heavy atom. The maximum Gasteiger partial charge on any atom is 0.308 e. The molecular formula is C15H18ClNO3S. The van der Waals surface area contributed by atoms with Crippen molar-refractivity contribution in [1.82, 2.24) is 5.32 Å². The van der Waals surface area contributed by atoms with Crippen molar-refractivity contribution in [2.24, 2.45) is 5.92 Å². The molecule has 2 N–H and O–H groups in total. The van der Waals surface area contributed by atoms with Crippen LogP contribution in [-0.4, -0.2) is 28.8 Å². The molecule has 1 fully saturated rings. The second kappa shape index (κ2) is 7.71. The molecule has 0 saturated heterocycles. The lowest BCUT2D eigenvalue weighted by molar-refractivity contribution is -0.144. The zero-order chi connectivity index (χ0) is 15.2. The summed E-state index contributed by atoms with van der Waals surface area (Å²) in [5, 5.41) is 12.7. The maximum absolute atomic E-state index is 12.0. The first-order valence-corrected chi connectivity index (χ1v) is 8.34. The first-order valence-electron chi connectivity index (χ1n) is 6.97. The van der Waals surface area contributed by atoms with Crippen molar-refractivity contribution < 1.29 is 14.7 Å². The molecule has 1 aromatic carbocycles. The number of hydrogen-bond acceptors (Lipinski definition) is 3. The van der Waals surface area contributed by atoms with Crippen molar-refractivity contribution in [3.63, 3.8) is 0 Å². The van der Waals surface area contributed by atoms with E-state index in [1.807, 2.05) is 18.2 Å². The molecule has 1 aliphatic rings. The Morgan fingerprint density at radius 3 is 2.71 bits per heavy atom. The standard InChI is InChI=1S/C15H18ClNO3S/c16-11-6-2-4-8-13(11)21-9-14(18)17-12-7-3-1-5-10(12)15(19)20/h2,4,6,8,10,12H,1,3,5,7,9H2,(H,17,18)(H,19,20). The molecule has 1 saturated carbocycles. The third-order valence-electron chi connectivity index (χ3n) is 3.62. The monoisotopic (exact) mass is 327 g/mol. The fourth-order valence-electron chi connectivity index (χ4n) is 2.55. The molecule has 2 unspecified atom stereocenters. The van der Waals surface area contributed by atoms with E-state index in [2.05, 4.69) is 5.32 Å². The van der Waals surface area contributed by atoms with Crippen molar-refractivity contribution in [3.05, 3.63) is 29.3 Å². The van der Waals surface area contributed by atoms with Gasteiger partial charge < -0.3 is 10.4 Å². The smallest absolute Gasteiger partial charge is 0.308 e. The van der Waals surface area contributed by atoms with Crippen molar-refractivity contribution in [2.45, 2.75) is 36.6 Å². The summed E-state index contributed by atoms with van der Waals surface area (Å²) in [5.41, 5.74) is 0. The fraction of sp³-hybridized carbons (Fsp3) is 0.467. The number of aliphatic carboxylic acids is 1. The summed E-state index contributed by atoms with van der Waals surface area (Å²) in [6.07, 6.45) is 3.25. The number of nitrogens with one attached hydrogen (secondary N) is 1. The van der Waals surface area contributed by atoms with Crippen LogP contribution in [0.1, 0.15) is 25.7 Å². The van der Waals surface area contributed by atoms with Gasteiger partial charge in [0.15, 0.2) is 0 Å². The second-order valence-corrected chi connectivity index (χ2v) is 6.55. The Labute approximate surface area is 133 Å². The van der Waals surface area contributed by atoms with Gasteiger partial charge in [-0.25, -0.2) is 0 Å². The topological polar surface area (TPSA) is 66.4 Å². The molecule has 2 rings (SSSR count). The number of benzene rings is 1. The lowest BCUT2D eigenvalue weighted by Crippen LogP contribution is -2.45. The Balaban J connectivity index is 1.86. The second-order valence-electron chi connectivity index (χ2n) is 5.12. The van der Waals surface area contributed by atoms with E-state index in [1.54, 1.807) is 6.07 Å². The Kier molecular flexibility index (Phi) is 5.94. The number of rotatable bonds is 5. The number of carbonyl (C=O) groups is 2. The van der Waals surface area contributed by atoms with Gasteiger partial charge in [-0.3, -0.25) is 9.59 Å². The summed E-state index contributed by atoms with van der Waals surface area (Å²) in [6, 6.07) is 7.10. The molecule has 2 atom stereocenters. The van der Waals surface area contributed by atoms with Gasteiger partial charge in [-0.05, 0) is 25.0 Å². The van der Waals surface area contributed by atoms with E-state index in [-0.39, 0.29) is 17.7 Å². The van der Waals surface area contributed by atoms with Gasteiger partial charge >= 0.3 is 5.97 Å². The predicted molar refractivity (Wildman–Crippen MR) is 83.7 cm³/mol. The molecule has 0 aliphatic heterocycles. The third kappa shape index (κ3) is 4.64. The molecule has 1 aliphatic carbocycles. The van der Waals surface area contributed by atoms with Crippen LogP contribution >= 0.6 is 23.4 Å². The summed E-state index contributed by atoms with van der Waals surface area (Å²) < 4.78 is 0.